The van der Waals surface area contributed by atoms with Crippen LogP contribution in [0.3, 0.4) is 0 Å². The second kappa shape index (κ2) is 8.14. The fourth-order valence-corrected chi connectivity index (χ4v) is 2.36. The van der Waals surface area contributed by atoms with Gasteiger partial charge in [-0.2, -0.15) is 5.10 Å². The maximum Gasteiger partial charge on any atom is 0.271 e. The number of hydrazone groups is 1. The molecule has 3 nitrogen and oxygen atoms in total. The molecule has 0 aliphatic rings. The highest BCUT2D eigenvalue weighted by atomic mass is 35.5. The van der Waals surface area contributed by atoms with Crippen molar-refractivity contribution < 1.29 is 4.79 Å². The minimum atomic E-state index is -0.319. The lowest BCUT2D eigenvalue weighted by molar-refractivity contribution is 0.0954. The lowest BCUT2D eigenvalue weighted by atomic mass is 10.0. The Kier molecular flexibility index (Phi) is 6.20. The van der Waals surface area contributed by atoms with Crippen LogP contribution < -0.4 is 5.43 Å². The molecule has 0 aromatic heterocycles. The first-order chi connectivity index (χ1) is 11.0. The van der Waals surface area contributed by atoms with E-state index in [0.29, 0.717) is 21.5 Å². The molecule has 2 aromatic rings. The van der Waals surface area contributed by atoms with Crippen LogP contribution in [0.25, 0.3) is 0 Å². The number of rotatable bonds is 5. The molecular weight excluding hydrogens is 331 g/mol. The summed E-state index contributed by atoms with van der Waals surface area (Å²) in [6.07, 6.45) is 0.770. The third kappa shape index (κ3) is 5.08. The average Bonchev–Trinajstić information content (AvgIpc) is 2.54. The molecule has 0 bridgehead atoms. The van der Waals surface area contributed by atoms with Gasteiger partial charge in [-0.05, 0) is 36.1 Å². The smallest absolute Gasteiger partial charge is 0.267 e. The predicted octanol–water partition coefficient (Wildman–Crippen LogP) is 5.17. The van der Waals surface area contributed by atoms with Crippen LogP contribution in [-0.2, 0) is 0 Å². The molecule has 2 aromatic carbocycles. The van der Waals surface area contributed by atoms with E-state index in [-0.39, 0.29) is 5.91 Å². The van der Waals surface area contributed by atoms with Gasteiger partial charge >= 0.3 is 0 Å². The van der Waals surface area contributed by atoms with Crippen LogP contribution in [0.4, 0.5) is 0 Å². The molecule has 1 N–H and O–H groups in total. The molecule has 0 radical (unpaired) electrons. The highest BCUT2D eigenvalue weighted by Gasteiger charge is 2.10. The number of nitrogens with zero attached hydrogens (tertiary/aromatic N) is 1. The Labute approximate surface area is 146 Å². The summed E-state index contributed by atoms with van der Waals surface area (Å²) in [5.74, 6) is 0.108. The Hall–Kier alpha value is -1.84. The van der Waals surface area contributed by atoms with Gasteiger partial charge in [0.25, 0.3) is 5.91 Å². The summed E-state index contributed by atoms with van der Waals surface area (Å²) in [6.45, 7) is 4.22. The van der Waals surface area contributed by atoms with Gasteiger partial charge in [0, 0.05) is 5.56 Å². The van der Waals surface area contributed by atoms with E-state index in [9.17, 15) is 4.79 Å². The number of carbonyl (C=O) groups excluding carboxylic acids is 1. The quantitative estimate of drug-likeness (QED) is 0.587. The third-order valence-electron chi connectivity index (χ3n) is 3.18. The minimum Gasteiger partial charge on any atom is -0.267 e. The van der Waals surface area contributed by atoms with Crippen molar-refractivity contribution in [2.24, 2.45) is 11.0 Å². The van der Waals surface area contributed by atoms with Gasteiger partial charge in [0.2, 0.25) is 0 Å². The van der Waals surface area contributed by atoms with Crippen LogP contribution in [-0.4, -0.2) is 11.6 Å². The van der Waals surface area contributed by atoms with Crippen LogP contribution in [0, 0.1) is 5.92 Å². The van der Waals surface area contributed by atoms with Crippen molar-refractivity contribution in [3.05, 3.63) is 69.7 Å². The van der Waals surface area contributed by atoms with E-state index in [1.165, 1.54) is 6.07 Å². The minimum absolute atomic E-state index is 0.319. The Balaban J connectivity index is 2.19. The Morgan fingerprint density at radius 1 is 1.04 bits per heavy atom. The van der Waals surface area contributed by atoms with E-state index in [0.717, 1.165) is 17.7 Å². The van der Waals surface area contributed by atoms with Gasteiger partial charge in [-0.3, -0.25) is 4.79 Å². The lowest BCUT2D eigenvalue weighted by Crippen LogP contribution is -2.20. The number of hydrogen-bond acceptors (Lipinski definition) is 2. The number of carbonyl (C=O) groups is 1. The molecule has 0 spiro atoms. The standard InChI is InChI=1S/C18H18Cl2N2O/c1-12(2)10-17(13-6-4-3-5-7-13)21-22-18(23)14-8-9-15(19)16(20)11-14/h3-9,11-12H,10H2,1-2H3,(H,22,23)/b21-17+. The van der Waals surface area contributed by atoms with Crippen molar-refractivity contribution in [2.45, 2.75) is 20.3 Å². The molecule has 0 saturated heterocycles. The van der Waals surface area contributed by atoms with Gasteiger partial charge in [-0.1, -0.05) is 67.4 Å². The van der Waals surface area contributed by atoms with Gasteiger partial charge < -0.3 is 0 Å². The fourth-order valence-electron chi connectivity index (χ4n) is 2.07. The van der Waals surface area contributed by atoms with Crippen molar-refractivity contribution in [3.63, 3.8) is 0 Å². The summed E-state index contributed by atoms with van der Waals surface area (Å²) in [5, 5.41) is 5.06. The van der Waals surface area contributed by atoms with E-state index >= 15 is 0 Å². The first kappa shape index (κ1) is 17.5. The number of benzene rings is 2. The topological polar surface area (TPSA) is 41.5 Å². The van der Waals surface area contributed by atoms with E-state index in [1.54, 1.807) is 12.1 Å². The molecule has 0 aliphatic carbocycles. The summed E-state index contributed by atoms with van der Waals surface area (Å²) < 4.78 is 0. The zero-order chi connectivity index (χ0) is 16.8. The zero-order valence-electron chi connectivity index (χ0n) is 13.0. The van der Waals surface area contributed by atoms with Crippen molar-refractivity contribution in [1.29, 1.82) is 0 Å². The van der Waals surface area contributed by atoms with Gasteiger partial charge in [-0.25, -0.2) is 5.43 Å². The summed E-state index contributed by atoms with van der Waals surface area (Å²) in [6, 6.07) is 14.5. The summed E-state index contributed by atoms with van der Waals surface area (Å²) >= 11 is 11.8. The molecule has 120 valence electrons. The predicted molar refractivity (Wildman–Crippen MR) is 96.4 cm³/mol. The molecule has 0 unspecified atom stereocenters. The highest BCUT2D eigenvalue weighted by Crippen LogP contribution is 2.22. The van der Waals surface area contributed by atoms with Crippen LogP contribution >= 0.6 is 23.2 Å². The second-order valence-corrected chi connectivity index (χ2v) is 6.41. The maximum absolute atomic E-state index is 12.2. The molecule has 0 heterocycles. The number of amides is 1. The molecular formula is C18H18Cl2N2O. The largest absolute Gasteiger partial charge is 0.271 e. The van der Waals surface area contributed by atoms with Gasteiger partial charge in [0.15, 0.2) is 0 Å². The first-order valence-corrected chi connectivity index (χ1v) is 8.10. The van der Waals surface area contributed by atoms with E-state index in [1.807, 2.05) is 30.3 Å². The second-order valence-electron chi connectivity index (χ2n) is 5.59. The third-order valence-corrected chi connectivity index (χ3v) is 3.92. The van der Waals surface area contributed by atoms with Crippen LogP contribution in [0.1, 0.15) is 36.2 Å². The lowest BCUT2D eigenvalue weighted by Gasteiger charge is -2.10. The van der Waals surface area contributed by atoms with Crippen LogP contribution in [0.15, 0.2) is 53.6 Å². The molecule has 23 heavy (non-hydrogen) atoms. The Morgan fingerprint density at radius 2 is 1.74 bits per heavy atom. The molecule has 0 atom stereocenters. The molecule has 0 aliphatic heterocycles. The van der Waals surface area contributed by atoms with E-state index < -0.39 is 0 Å². The molecule has 1 amide bonds. The highest BCUT2D eigenvalue weighted by molar-refractivity contribution is 6.42. The molecule has 5 heteroatoms. The maximum atomic E-state index is 12.2. The SMILES string of the molecule is CC(C)C/C(=N\NC(=O)c1ccc(Cl)c(Cl)c1)c1ccccc1. The van der Waals surface area contributed by atoms with Gasteiger partial charge in [-0.15, -0.1) is 0 Å². The molecule has 0 saturated carbocycles. The normalized spacial score (nSPS) is 11.6. The van der Waals surface area contributed by atoms with E-state index in [4.69, 9.17) is 23.2 Å². The molecule has 0 fully saturated rings. The number of halogens is 2. The summed E-state index contributed by atoms with van der Waals surface area (Å²) in [7, 11) is 0. The average molecular weight is 349 g/mol. The van der Waals surface area contributed by atoms with Gasteiger partial charge in [0.1, 0.15) is 0 Å². The van der Waals surface area contributed by atoms with Crippen molar-refractivity contribution in [1.82, 2.24) is 5.43 Å². The van der Waals surface area contributed by atoms with Crippen LogP contribution in [0.2, 0.25) is 10.0 Å². The van der Waals surface area contributed by atoms with Crippen molar-refractivity contribution in [3.8, 4) is 0 Å². The Morgan fingerprint density at radius 3 is 2.35 bits per heavy atom. The van der Waals surface area contributed by atoms with Gasteiger partial charge in [0.05, 0.1) is 15.8 Å². The summed E-state index contributed by atoms with van der Waals surface area (Å²) in [5.41, 5.74) is 4.85. The monoisotopic (exact) mass is 348 g/mol. The number of hydrogen-bond donors (Lipinski definition) is 1. The molecule has 2 rings (SSSR count). The summed E-state index contributed by atoms with van der Waals surface area (Å²) in [4.78, 5) is 12.2. The number of nitrogens with one attached hydrogen (secondary N) is 1. The van der Waals surface area contributed by atoms with Crippen molar-refractivity contribution >= 4 is 34.8 Å². The van der Waals surface area contributed by atoms with E-state index in [2.05, 4.69) is 24.4 Å². The fraction of sp³-hybridized carbons (Fsp3) is 0.222. The van der Waals surface area contributed by atoms with Crippen LogP contribution in [0.5, 0.6) is 0 Å². The zero-order valence-corrected chi connectivity index (χ0v) is 14.5. The first-order valence-electron chi connectivity index (χ1n) is 7.34. The Bertz CT molecular complexity index is 712. The van der Waals surface area contributed by atoms with Crippen molar-refractivity contribution in [2.75, 3.05) is 0 Å².